The summed E-state index contributed by atoms with van der Waals surface area (Å²) in [6.45, 7) is 5.14. The number of benzene rings is 3. The highest BCUT2D eigenvalue weighted by molar-refractivity contribution is 7.89. The summed E-state index contributed by atoms with van der Waals surface area (Å²) in [6.07, 6.45) is -4.96. The Balaban J connectivity index is 1.44. The zero-order valence-corrected chi connectivity index (χ0v) is 23.3. The summed E-state index contributed by atoms with van der Waals surface area (Å²) in [5.41, 5.74) is 2.18. The van der Waals surface area contributed by atoms with Gasteiger partial charge in [-0.15, -0.1) is 0 Å². The average molecular weight is 587 g/mol. The first-order valence-corrected chi connectivity index (χ1v) is 14.5. The molecule has 0 unspecified atom stereocenters. The van der Waals surface area contributed by atoms with Gasteiger partial charge >= 0.3 is 12.2 Å². The van der Waals surface area contributed by atoms with Gasteiger partial charge in [-0.25, -0.2) is 17.5 Å². The third-order valence-electron chi connectivity index (χ3n) is 7.45. The van der Waals surface area contributed by atoms with Gasteiger partial charge < -0.3 is 9.80 Å². The summed E-state index contributed by atoms with van der Waals surface area (Å²) in [6, 6.07) is 15.6. The van der Waals surface area contributed by atoms with Crippen LogP contribution < -0.4 is 9.80 Å². The normalized spacial score (nSPS) is 18.3. The van der Waals surface area contributed by atoms with Gasteiger partial charge in [0.05, 0.1) is 17.0 Å². The van der Waals surface area contributed by atoms with Gasteiger partial charge in [0.1, 0.15) is 6.04 Å². The van der Waals surface area contributed by atoms with E-state index in [2.05, 4.69) is 11.0 Å². The zero-order chi connectivity index (χ0) is 29.5. The standard InChI is InChI=1S/C29H29F3N4O4S/c1-20-12-13-21(2)24(18-20)33-14-16-34(17-15-33)27(37)25-19-35(28(38)36(25)22-8-4-3-5-9-22)41(39,40)26-11-7-6-10-23(26)29(30,31)32/h3-13,18,25H,14-17,19H2,1-2H3/t25-/m0/s1. The number of carbonyl (C=O) groups is 2. The maximum atomic E-state index is 13.8. The molecule has 3 aromatic carbocycles. The second kappa shape index (κ2) is 10.7. The first-order valence-electron chi connectivity index (χ1n) is 13.1. The third-order valence-corrected chi connectivity index (χ3v) is 9.24. The minimum atomic E-state index is -4.96. The van der Waals surface area contributed by atoms with Crippen LogP contribution in [0.25, 0.3) is 0 Å². The summed E-state index contributed by atoms with van der Waals surface area (Å²) in [4.78, 5) is 31.2. The first kappa shape index (κ1) is 28.5. The highest BCUT2D eigenvalue weighted by Gasteiger charge is 2.50. The Morgan fingerprint density at radius 2 is 1.51 bits per heavy atom. The van der Waals surface area contributed by atoms with Crippen molar-refractivity contribution in [1.29, 1.82) is 0 Å². The van der Waals surface area contributed by atoms with E-state index in [9.17, 15) is 31.2 Å². The number of para-hydroxylation sites is 1. The number of carbonyl (C=O) groups excluding carboxylic acids is 2. The van der Waals surface area contributed by atoms with Crippen molar-refractivity contribution in [1.82, 2.24) is 9.21 Å². The van der Waals surface area contributed by atoms with E-state index in [1.807, 2.05) is 26.0 Å². The fourth-order valence-electron chi connectivity index (χ4n) is 5.32. The molecule has 0 aliphatic carbocycles. The monoisotopic (exact) mass is 586 g/mol. The van der Waals surface area contributed by atoms with E-state index in [-0.39, 0.29) is 5.69 Å². The lowest BCUT2D eigenvalue weighted by Crippen LogP contribution is -2.55. The van der Waals surface area contributed by atoms with Crippen LogP contribution in [0.1, 0.15) is 16.7 Å². The number of amides is 3. The van der Waals surface area contributed by atoms with Crippen LogP contribution >= 0.6 is 0 Å². The Bertz CT molecular complexity index is 1570. The number of sulfonamides is 1. The Kier molecular flexibility index (Phi) is 7.45. The van der Waals surface area contributed by atoms with Gasteiger partial charge in [0.2, 0.25) is 5.91 Å². The molecule has 2 aliphatic heterocycles. The molecule has 0 N–H and O–H groups in total. The van der Waals surface area contributed by atoms with Gasteiger partial charge in [-0.05, 0) is 55.3 Å². The molecule has 2 aliphatic rings. The number of halogens is 3. The van der Waals surface area contributed by atoms with Gasteiger partial charge in [0.15, 0.2) is 0 Å². The first-order chi connectivity index (χ1) is 19.4. The molecule has 3 amide bonds. The molecule has 2 heterocycles. The zero-order valence-electron chi connectivity index (χ0n) is 22.5. The van der Waals surface area contributed by atoms with Gasteiger partial charge in [0.25, 0.3) is 10.0 Å². The van der Waals surface area contributed by atoms with Crippen molar-refractivity contribution < 1.29 is 31.2 Å². The number of hydrogen-bond acceptors (Lipinski definition) is 5. The maximum absolute atomic E-state index is 13.8. The molecule has 0 saturated carbocycles. The van der Waals surface area contributed by atoms with Crippen molar-refractivity contribution in [3.63, 3.8) is 0 Å². The van der Waals surface area contributed by atoms with Crippen LogP contribution in [0, 0.1) is 13.8 Å². The summed E-state index contributed by atoms with van der Waals surface area (Å²) in [5, 5.41) is 0. The van der Waals surface area contributed by atoms with E-state index in [4.69, 9.17) is 0 Å². The lowest BCUT2D eigenvalue weighted by atomic mass is 10.1. The predicted molar refractivity (Wildman–Crippen MR) is 148 cm³/mol. The molecule has 0 aromatic heterocycles. The molecular formula is C29H29F3N4O4S. The average Bonchev–Trinajstić information content (AvgIpc) is 3.31. The van der Waals surface area contributed by atoms with Crippen LogP contribution in [-0.2, 0) is 21.0 Å². The van der Waals surface area contributed by atoms with Crippen LogP contribution in [0.4, 0.5) is 29.3 Å². The molecule has 0 radical (unpaired) electrons. The Hall–Kier alpha value is -4.06. The summed E-state index contributed by atoms with van der Waals surface area (Å²) in [7, 11) is -4.95. The van der Waals surface area contributed by atoms with E-state index in [1.165, 1.54) is 0 Å². The largest absolute Gasteiger partial charge is 0.417 e. The highest BCUT2D eigenvalue weighted by Crippen LogP contribution is 2.37. The lowest BCUT2D eigenvalue weighted by Gasteiger charge is -2.38. The fraction of sp³-hybridized carbons (Fsp3) is 0.310. The number of rotatable bonds is 5. The minimum absolute atomic E-state index is 0.270. The molecule has 0 spiro atoms. The number of urea groups is 1. The quantitative estimate of drug-likeness (QED) is 0.434. The van der Waals surface area contributed by atoms with Gasteiger partial charge in [-0.2, -0.15) is 13.2 Å². The van der Waals surface area contributed by atoms with Crippen molar-refractivity contribution in [3.05, 3.63) is 89.5 Å². The topological polar surface area (TPSA) is 81.2 Å². The summed E-state index contributed by atoms with van der Waals surface area (Å²) in [5.74, 6) is -0.468. The van der Waals surface area contributed by atoms with Gasteiger partial charge in [0, 0.05) is 37.6 Å². The summed E-state index contributed by atoms with van der Waals surface area (Å²) < 4.78 is 68.6. The molecule has 12 heteroatoms. The second-order valence-electron chi connectivity index (χ2n) is 10.1. The van der Waals surface area contributed by atoms with Crippen LogP contribution in [0.5, 0.6) is 0 Å². The third kappa shape index (κ3) is 5.35. The Morgan fingerprint density at radius 3 is 2.17 bits per heavy atom. The van der Waals surface area contributed by atoms with E-state index in [0.29, 0.717) is 36.6 Å². The van der Waals surface area contributed by atoms with E-state index < -0.39 is 51.2 Å². The number of hydrogen-bond donors (Lipinski definition) is 0. The fourth-order valence-corrected chi connectivity index (χ4v) is 6.90. The van der Waals surface area contributed by atoms with Crippen molar-refractivity contribution in [2.24, 2.45) is 0 Å². The summed E-state index contributed by atoms with van der Waals surface area (Å²) >= 11 is 0. The number of anilines is 2. The van der Waals surface area contributed by atoms with Crippen LogP contribution in [0.3, 0.4) is 0 Å². The Labute approximate surface area is 236 Å². The molecule has 8 nitrogen and oxygen atoms in total. The molecule has 2 fully saturated rings. The smallest absolute Gasteiger partial charge is 0.368 e. The van der Waals surface area contributed by atoms with E-state index in [1.54, 1.807) is 35.2 Å². The van der Waals surface area contributed by atoms with Crippen LogP contribution in [0.15, 0.2) is 77.7 Å². The molecule has 1 atom stereocenters. The number of nitrogens with zero attached hydrogens (tertiary/aromatic N) is 4. The van der Waals surface area contributed by atoms with Crippen molar-refractivity contribution in [2.45, 2.75) is 31.0 Å². The SMILES string of the molecule is Cc1ccc(C)c(N2CCN(C(=O)[C@@H]3CN(S(=O)(=O)c4ccccc4C(F)(F)F)C(=O)N3c3ccccc3)CC2)c1. The second-order valence-corrected chi connectivity index (χ2v) is 12.0. The van der Waals surface area contributed by atoms with Crippen LogP contribution in [0.2, 0.25) is 0 Å². The molecular weight excluding hydrogens is 557 g/mol. The van der Waals surface area contributed by atoms with Gasteiger partial charge in [-0.1, -0.05) is 42.5 Å². The van der Waals surface area contributed by atoms with Crippen LogP contribution in [-0.4, -0.2) is 68.3 Å². The number of alkyl halides is 3. The van der Waals surface area contributed by atoms with Crippen molar-refractivity contribution >= 4 is 33.3 Å². The maximum Gasteiger partial charge on any atom is 0.417 e. The Morgan fingerprint density at radius 1 is 0.878 bits per heavy atom. The minimum Gasteiger partial charge on any atom is -0.368 e. The molecule has 0 bridgehead atoms. The van der Waals surface area contributed by atoms with E-state index in [0.717, 1.165) is 39.9 Å². The number of piperazine rings is 1. The molecule has 3 aromatic rings. The molecule has 2 saturated heterocycles. The highest BCUT2D eigenvalue weighted by atomic mass is 32.2. The lowest BCUT2D eigenvalue weighted by molar-refractivity contribution is -0.140. The van der Waals surface area contributed by atoms with Gasteiger partial charge in [-0.3, -0.25) is 9.69 Å². The number of aryl methyl sites for hydroxylation is 2. The molecule has 41 heavy (non-hydrogen) atoms. The van der Waals surface area contributed by atoms with Crippen molar-refractivity contribution in [3.8, 4) is 0 Å². The van der Waals surface area contributed by atoms with Crippen molar-refractivity contribution in [2.75, 3.05) is 42.5 Å². The molecule has 216 valence electrons. The van der Waals surface area contributed by atoms with E-state index >= 15 is 0 Å². The predicted octanol–water partition coefficient (Wildman–Crippen LogP) is 4.67. The molecule has 5 rings (SSSR count).